The van der Waals surface area contributed by atoms with Crippen molar-refractivity contribution in [3.63, 3.8) is 0 Å². The van der Waals surface area contributed by atoms with Crippen LogP contribution in [0, 0.1) is 6.92 Å². The number of carbonyl (C=O) groups is 1. The molecule has 20 heavy (non-hydrogen) atoms. The van der Waals surface area contributed by atoms with Gasteiger partial charge in [-0.1, -0.05) is 0 Å². The fourth-order valence-corrected chi connectivity index (χ4v) is 1.41. The first-order valence-corrected chi connectivity index (χ1v) is 5.56. The molecule has 1 amide bonds. The monoisotopic (exact) mass is 312 g/mol. The van der Waals surface area contributed by atoms with Crippen molar-refractivity contribution in [1.82, 2.24) is 5.32 Å². The lowest BCUT2D eigenvalue weighted by Crippen LogP contribution is -2.25. The Morgan fingerprint density at radius 1 is 1.35 bits per heavy atom. The Hall–Kier alpha value is -1.47. The fourth-order valence-electron chi connectivity index (χ4n) is 1.41. The molecular formula is C12H16ClF3N2O2. The van der Waals surface area contributed by atoms with Crippen LogP contribution in [0.1, 0.15) is 5.56 Å². The van der Waals surface area contributed by atoms with Crippen LogP contribution in [0.2, 0.25) is 0 Å². The molecule has 1 rings (SSSR count). The van der Waals surface area contributed by atoms with Crippen LogP contribution in [0.5, 0.6) is 5.75 Å². The molecule has 0 saturated heterocycles. The van der Waals surface area contributed by atoms with Crippen molar-refractivity contribution in [3.8, 4) is 5.75 Å². The van der Waals surface area contributed by atoms with E-state index in [1.54, 1.807) is 20.0 Å². The van der Waals surface area contributed by atoms with Gasteiger partial charge in [0.25, 0.3) is 0 Å². The van der Waals surface area contributed by atoms with Crippen LogP contribution < -0.4 is 15.4 Å². The number of alkyl halides is 3. The summed E-state index contributed by atoms with van der Waals surface area (Å²) in [6.07, 6.45) is -4.37. The van der Waals surface area contributed by atoms with Crippen molar-refractivity contribution in [3.05, 3.63) is 23.8 Å². The molecule has 4 nitrogen and oxygen atoms in total. The molecule has 0 saturated carbocycles. The molecule has 0 atom stereocenters. The maximum atomic E-state index is 12.0. The van der Waals surface area contributed by atoms with E-state index in [1.807, 2.05) is 0 Å². The summed E-state index contributed by atoms with van der Waals surface area (Å²) < 4.78 is 40.7. The molecule has 1 aromatic rings. The lowest BCUT2D eigenvalue weighted by molar-refractivity contribution is -0.153. The number of benzene rings is 1. The van der Waals surface area contributed by atoms with E-state index in [9.17, 15) is 18.0 Å². The Balaban J connectivity index is 0.00000361. The van der Waals surface area contributed by atoms with Crippen LogP contribution in [0.3, 0.4) is 0 Å². The standard InChI is InChI=1S/C12H15F3N2O2.ClH/c1-8-5-9(17-11(18)6-16-2)3-4-10(8)19-7-12(13,14)15;/h3-5,16H,6-7H2,1-2H3,(H,17,18);1H. The van der Waals surface area contributed by atoms with Gasteiger partial charge in [0.05, 0.1) is 6.54 Å². The number of carbonyl (C=O) groups excluding carboxylic acids is 1. The quantitative estimate of drug-likeness (QED) is 0.878. The number of nitrogens with one attached hydrogen (secondary N) is 2. The fraction of sp³-hybridized carbons (Fsp3) is 0.417. The molecular weight excluding hydrogens is 297 g/mol. The molecule has 0 unspecified atom stereocenters. The summed E-state index contributed by atoms with van der Waals surface area (Å²) in [4.78, 5) is 11.3. The van der Waals surface area contributed by atoms with Gasteiger partial charge in [-0.25, -0.2) is 0 Å². The first-order valence-electron chi connectivity index (χ1n) is 5.56. The van der Waals surface area contributed by atoms with Gasteiger partial charge in [0, 0.05) is 5.69 Å². The summed E-state index contributed by atoms with van der Waals surface area (Å²) >= 11 is 0. The number of halogens is 4. The normalized spacial score (nSPS) is 10.7. The van der Waals surface area contributed by atoms with Crippen LogP contribution >= 0.6 is 12.4 Å². The number of aryl methyl sites for hydroxylation is 1. The minimum atomic E-state index is -4.37. The van der Waals surface area contributed by atoms with Crippen molar-refractivity contribution in [1.29, 1.82) is 0 Å². The maximum Gasteiger partial charge on any atom is 0.422 e. The minimum absolute atomic E-state index is 0. The Morgan fingerprint density at radius 3 is 2.50 bits per heavy atom. The molecule has 0 aromatic heterocycles. The number of hydrogen-bond donors (Lipinski definition) is 2. The van der Waals surface area contributed by atoms with Crippen LogP contribution in [-0.4, -0.2) is 32.3 Å². The highest BCUT2D eigenvalue weighted by Crippen LogP contribution is 2.24. The van der Waals surface area contributed by atoms with Crippen molar-refractivity contribution in [2.45, 2.75) is 13.1 Å². The third-order valence-corrected chi connectivity index (χ3v) is 2.19. The average molecular weight is 313 g/mol. The highest BCUT2D eigenvalue weighted by Gasteiger charge is 2.28. The predicted octanol–water partition coefficient (Wildman–Crippen LogP) is 2.52. The molecule has 0 bridgehead atoms. The largest absolute Gasteiger partial charge is 0.484 e. The van der Waals surface area contributed by atoms with Crippen molar-refractivity contribution in [2.75, 3.05) is 25.5 Å². The Labute approximate surface area is 121 Å². The first kappa shape index (κ1) is 18.5. The second kappa shape index (κ2) is 7.96. The van der Waals surface area contributed by atoms with Crippen LogP contribution in [0.4, 0.5) is 18.9 Å². The number of rotatable bonds is 5. The SMILES string of the molecule is CNCC(=O)Nc1ccc(OCC(F)(F)F)c(C)c1.Cl. The molecule has 0 aliphatic carbocycles. The van der Waals surface area contributed by atoms with Gasteiger partial charge < -0.3 is 15.4 Å². The number of hydrogen-bond acceptors (Lipinski definition) is 3. The van der Waals surface area contributed by atoms with Crippen molar-refractivity contribution in [2.24, 2.45) is 0 Å². The highest BCUT2D eigenvalue weighted by molar-refractivity contribution is 5.92. The topological polar surface area (TPSA) is 50.4 Å². The summed E-state index contributed by atoms with van der Waals surface area (Å²) in [7, 11) is 1.64. The van der Waals surface area contributed by atoms with E-state index in [0.717, 1.165) is 0 Å². The zero-order chi connectivity index (χ0) is 14.5. The van der Waals surface area contributed by atoms with Gasteiger partial charge >= 0.3 is 6.18 Å². The minimum Gasteiger partial charge on any atom is -0.484 e. The molecule has 8 heteroatoms. The second-order valence-corrected chi connectivity index (χ2v) is 3.96. The Bertz CT molecular complexity index is 453. The van der Waals surface area contributed by atoms with E-state index in [4.69, 9.17) is 0 Å². The zero-order valence-corrected chi connectivity index (χ0v) is 11.8. The van der Waals surface area contributed by atoms with Gasteiger partial charge in [-0.15, -0.1) is 12.4 Å². The lowest BCUT2D eigenvalue weighted by Gasteiger charge is -2.12. The summed E-state index contributed by atoms with van der Waals surface area (Å²) in [5, 5.41) is 5.29. The van der Waals surface area contributed by atoms with Crippen LogP contribution in [-0.2, 0) is 4.79 Å². The van der Waals surface area contributed by atoms with E-state index < -0.39 is 12.8 Å². The molecule has 114 valence electrons. The number of anilines is 1. The van der Waals surface area contributed by atoms with Crippen molar-refractivity contribution < 1.29 is 22.7 Å². The molecule has 0 spiro atoms. The average Bonchev–Trinajstić information content (AvgIpc) is 2.26. The van der Waals surface area contributed by atoms with E-state index >= 15 is 0 Å². The first-order chi connectivity index (χ1) is 8.81. The summed E-state index contributed by atoms with van der Waals surface area (Å²) in [6.45, 7) is 0.435. The van der Waals surface area contributed by atoms with Gasteiger partial charge in [-0.2, -0.15) is 13.2 Å². The number of ether oxygens (including phenoxy) is 1. The molecule has 2 N–H and O–H groups in total. The molecule has 0 aliphatic heterocycles. The van der Waals surface area contributed by atoms with Crippen molar-refractivity contribution >= 4 is 24.0 Å². The van der Waals surface area contributed by atoms with Gasteiger partial charge in [-0.05, 0) is 37.7 Å². The summed E-state index contributed by atoms with van der Waals surface area (Å²) in [6, 6.07) is 4.45. The highest BCUT2D eigenvalue weighted by atomic mass is 35.5. The molecule has 0 aliphatic rings. The van der Waals surface area contributed by atoms with E-state index in [0.29, 0.717) is 11.3 Å². The van der Waals surface area contributed by atoms with Gasteiger partial charge in [-0.3, -0.25) is 4.79 Å². The van der Waals surface area contributed by atoms with Gasteiger partial charge in [0.15, 0.2) is 6.61 Å². The summed E-state index contributed by atoms with van der Waals surface area (Å²) in [5.41, 5.74) is 1.03. The summed E-state index contributed by atoms with van der Waals surface area (Å²) in [5.74, 6) is -0.0881. The Morgan fingerprint density at radius 2 is 2.00 bits per heavy atom. The number of likely N-dealkylation sites (N-methyl/N-ethyl adjacent to an activating group) is 1. The molecule has 0 fully saturated rings. The van der Waals surface area contributed by atoms with Gasteiger partial charge in [0.1, 0.15) is 5.75 Å². The third kappa shape index (κ3) is 6.63. The van der Waals surface area contributed by atoms with Gasteiger partial charge in [0.2, 0.25) is 5.91 Å². The second-order valence-electron chi connectivity index (χ2n) is 3.96. The molecule has 0 heterocycles. The van der Waals surface area contributed by atoms with Crippen LogP contribution in [0.15, 0.2) is 18.2 Å². The molecule has 0 radical (unpaired) electrons. The maximum absolute atomic E-state index is 12.0. The third-order valence-electron chi connectivity index (χ3n) is 2.19. The van der Waals surface area contributed by atoms with E-state index in [1.165, 1.54) is 12.1 Å². The lowest BCUT2D eigenvalue weighted by atomic mass is 10.2. The number of amides is 1. The smallest absolute Gasteiger partial charge is 0.422 e. The van der Waals surface area contributed by atoms with E-state index in [2.05, 4.69) is 15.4 Å². The predicted molar refractivity (Wildman–Crippen MR) is 72.5 cm³/mol. The zero-order valence-electron chi connectivity index (χ0n) is 11.0. The van der Waals surface area contributed by atoms with E-state index in [-0.39, 0.29) is 30.6 Å². The Kier molecular flexibility index (Phi) is 7.38. The van der Waals surface area contributed by atoms with Crippen LogP contribution in [0.25, 0.3) is 0 Å². The molecule has 1 aromatic carbocycles.